The molecule has 0 bridgehead atoms. The van der Waals surface area contributed by atoms with E-state index in [1.165, 1.54) is 29.7 Å². The molecule has 0 fully saturated rings. The molecule has 1 aliphatic heterocycles. The predicted octanol–water partition coefficient (Wildman–Crippen LogP) is 4.47. The molecule has 0 saturated heterocycles. The lowest BCUT2D eigenvalue weighted by molar-refractivity contribution is 0.629. The fraction of sp³-hybridized carbons (Fsp3) is 0.158. The summed E-state index contributed by atoms with van der Waals surface area (Å²) in [6, 6.07) is 10.5. The first-order chi connectivity index (χ1) is 12.2. The number of fused-ring (bicyclic) bond motifs is 4. The van der Waals surface area contributed by atoms with Gasteiger partial charge in [-0.3, -0.25) is 0 Å². The highest BCUT2D eigenvalue weighted by atomic mass is 35.5. The molecule has 6 heteroatoms. The molecule has 5 rings (SSSR count). The van der Waals surface area contributed by atoms with Crippen molar-refractivity contribution >= 4 is 39.2 Å². The van der Waals surface area contributed by atoms with Gasteiger partial charge in [0.05, 0.1) is 5.52 Å². The molecule has 0 radical (unpaired) electrons. The van der Waals surface area contributed by atoms with Gasteiger partial charge in [0.1, 0.15) is 18.0 Å². The van der Waals surface area contributed by atoms with Gasteiger partial charge in [0.2, 0.25) is 0 Å². The highest BCUT2D eigenvalue weighted by Crippen LogP contribution is 2.33. The Kier molecular flexibility index (Phi) is 3.18. The summed E-state index contributed by atoms with van der Waals surface area (Å²) < 4.78 is 13.7. The Balaban J connectivity index is 1.63. The summed E-state index contributed by atoms with van der Waals surface area (Å²) in [4.78, 5) is 14.3. The summed E-state index contributed by atoms with van der Waals surface area (Å²) in [5, 5.41) is 2.60. The molecule has 2 aromatic heterocycles. The molecule has 4 aromatic rings. The van der Waals surface area contributed by atoms with Crippen molar-refractivity contribution in [3.63, 3.8) is 0 Å². The van der Waals surface area contributed by atoms with E-state index in [0.29, 0.717) is 6.54 Å². The van der Waals surface area contributed by atoms with Crippen LogP contribution >= 0.6 is 11.6 Å². The van der Waals surface area contributed by atoms with Crippen molar-refractivity contribution in [3.8, 4) is 0 Å². The fourth-order valence-corrected chi connectivity index (χ4v) is 3.81. The van der Waals surface area contributed by atoms with Crippen LogP contribution in [-0.2, 0) is 13.0 Å². The lowest BCUT2D eigenvalue weighted by atomic mass is 10.0. The first-order valence-corrected chi connectivity index (χ1v) is 8.51. The van der Waals surface area contributed by atoms with E-state index in [4.69, 9.17) is 11.6 Å². The van der Waals surface area contributed by atoms with Gasteiger partial charge in [-0.15, -0.1) is 0 Å². The van der Waals surface area contributed by atoms with E-state index >= 15 is 0 Å². The van der Waals surface area contributed by atoms with Crippen LogP contribution in [0.4, 0.5) is 10.2 Å². The normalized spacial score (nSPS) is 14.2. The highest BCUT2D eigenvalue weighted by molar-refractivity contribution is 6.31. The van der Waals surface area contributed by atoms with E-state index in [1.807, 2.05) is 18.2 Å². The molecular weight excluding hydrogens is 339 g/mol. The summed E-state index contributed by atoms with van der Waals surface area (Å²) >= 11 is 6.18. The summed E-state index contributed by atoms with van der Waals surface area (Å²) in [7, 11) is 0. The summed E-state index contributed by atoms with van der Waals surface area (Å²) in [6.45, 7) is 1.52. The number of halogens is 2. The zero-order chi connectivity index (χ0) is 17.0. The molecule has 0 spiro atoms. The second kappa shape index (κ2) is 5.43. The number of hydrogen-bond acceptors (Lipinski definition) is 3. The third-order valence-corrected chi connectivity index (χ3v) is 5.05. The molecule has 0 aliphatic carbocycles. The third kappa shape index (κ3) is 2.35. The molecule has 0 saturated carbocycles. The number of nitrogens with one attached hydrogen (secondary N) is 1. The highest BCUT2D eigenvalue weighted by Gasteiger charge is 2.23. The Labute approximate surface area is 148 Å². The molecule has 0 atom stereocenters. The number of hydrogen-bond donors (Lipinski definition) is 1. The van der Waals surface area contributed by atoms with Gasteiger partial charge in [0.25, 0.3) is 0 Å². The average molecular weight is 353 g/mol. The number of anilines is 1. The number of nitrogens with zero attached hydrogens (tertiary/aromatic N) is 3. The van der Waals surface area contributed by atoms with Crippen molar-refractivity contribution in [2.24, 2.45) is 0 Å². The van der Waals surface area contributed by atoms with Gasteiger partial charge in [0, 0.05) is 52.1 Å². The van der Waals surface area contributed by atoms with Gasteiger partial charge in [-0.2, -0.15) is 0 Å². The minimum atomic E-state index is -0.278. The SMILES string of the molecule is Fc1ccc2ncnc(N3CCc4[nH]c5ccc(Cl)cc5c4C3)c2c1. The summed E-state index contributed by atoms with van der Waals surface area (Å²) in [6.07, 6.45) is 2.42. The van der Waals surface area contributed by atoms with Crippen LogP contribution in [0.2, 0.25) is 5.02 Å². The van der Waals surface area contributed by atoms with Crippen LogP contribution in [0, 0.1) is 5.82 Å². The van der Waals surface area contributed by atoms with Crippen LogP contribution in [0.1, 0.15) is 11.3 Å². The number of aromatic nitrogens is 3. The van der Waals surface area contributed by atoms with Crippen LogP contribution < -0.4 is 4.90 Å². The van der Waals surface area contributed by atoms with Crippen molar-refractivity contribution in [3.05, 3.63) is 64.8 Å². The van der Waals surface area contributed by atoms with Crippen molar-refractivity contribution in [1.29, 1.82) is 0 Å². The maximum Gasteiger partial charge on any atom is 0.140 e. The van der Waals surface area contributed by atoms with E-state index in [0.717, 1.165) is 45.6 Å². The summed E-state index contributed by atoms with van der Waals surface area (Å²) in [5.74, 6) is 0.492. The molecule has 3 heterocycles. The first kappa shape index (κ1) is 14.7. The van der Waals surface area contributed by atoms with Crippen LogP contribution in [0.25, 0.3) is 21.8 Å². The molecule has 0 amide bonds. The van der Waals surface area contributed by atoms with Gasteiger partial charge in [-0.25, -0.2) is 14.4 Å². The first-order valence-electron chi connectivity index (χ1n) is 8.13. The van der Waals surface area contributed by atoms with E-state index in [9.17, 15) is 4.39 Å². The zero-order valence-electron chi connectivity index (χ0n) is 13.3. The Morgan fingerprint density at radius 1 is 1.08 bits per heavy atom. The zero-order valence-corrected chi connectivity index (χ0v) is 14.0. The van der Waals surface area contributed by atoms with Gasteiger partial charge >= 0.3 is 0 Å². The second-order valence-corrected chi connectivity index (χ2v) is 6.74. The minimum absolute atomic E-state index is 0.278. The number of rotatable bonds is 1. The van der Waals surface area contributed by atoms with Gasteiger partial charge in [-0.05, 0) is 36.4 Å². The monoisotopic (exact) mass is 352 g/mol. The Morgan fingerprint density at radius 2 is 2.00 bits per heavy atom. The average Bonchev–Trinajstić information content (AvgIpc) is 2.98. The lowest BCUT2D eigenvalue weighted by Gasteiger charge is -2.29. The molecule has 1 N–H and O–H groups in total. The molecule has 4 nitrogen and oxygen atoms in total. The maximum absolute atomic E-state index is 13.7. The van der Waals surface area contributed by atoms with Gasteiger partial charge in [-0.1, -0.05) is 11.6 Å². The Bertz CT molecular complexity index is 1120. The molecule has 2 aromatic carbocycles. The number of benzene rings is 2. The van der Waals surface area contributed by atoms with Crippen LogP contribution in [-0.4, -0.2) is 21.5 Å². The van der Waals surface area contributed by atoms with Crippen molar-refractivity contribution < 1.29 is 4.39 Å². The minimum Gasteiger partial charge on any atom is -0.358 e. The molecule has 124 valence electrons. The van der Waals surface area contributed by atoms with E-state index in [2.05, 4.69) is 19.9 Å². The second-order valence-electron chi connectivity index (χ2n) is 6.30. The smallest absolute Gasteiger partial charge is 0.140 e. The predicted molar refractivity (Wildman–Crippen MR) is 97.6 cm³/mol. The van der Waals surface area contributed by atoms with E-state index in [1.54, 1.807) is 6.07 Å². The van der Waals surface area contributed by atoms with Crippen LogP contribution in [0.5, 0.6) is 0 Å². The molecule has 25 heavy (non-hydrogen) atoms. The Morgan fingerprint density at radius 3 is 2.92 bits per heavy atom. The van der Waals surface area contributed by atoms with Crippen molar-refractivity contribution in [2.45, 2.75) is 13.0 Å². The van der Waals surface area contributed by atoms with Crippen LogP contribution in [0.3, 0.4) is 0 Å². The maximum atomic E-state index is 13.7. The quantitative estimate of drug-likeness (QED) is 0.550. The van der Waals surface area contributed by atoms with E-state index < -0.39 is 0 Å². The van der Waals surface area contributed by atoms with Gasteiger partial charge < -0.3 is 9.88 Å². The van der Waals surface area contributed by atoms with Crippen molar-refractivity contribution in [2.75, 3.05) is 11.4 Å². The fourth-order valence-electron chi connectivity index (χ4n) is 3.63. The molecular formula is C19H14ClFN4. The van der Waals surface area contributed by atoms with Gasteiger partial charge in [0.15, 0.2) is 0 Å². The van der Waals surface area contributed by atoms with Crippen molar-refractivity contribution in [1.82, 2.24) is 15.0 Å². The topological polar surface area (TPSA) is 44.8 Å². The summed E-state index contributed by atoms with van der Waals surface area (Å²) in [5.41, 5.74) is 4.30. The molecule has 1 aliphatic rings. The number of H-pyrrole nitrogens is 1. The van der Waals surface area contributed by atoms with E-state index in [-0.39, 0.29) is 5.82 Å². The lowest BCUT2D eigenvalue weighted by Crippen LogP contribution is -2.31. The van der Waals surface area contributed by atoms with Crippen LogP contribution in [0.15, 0.2) is 42.7 Å². The largest absolute Gasteiger partial charge is 0.358 e. The standard InChI is InChI=1S/C19H14ClFN4/c20-11-1-3-17-13(7-11)15-9-25(6-5-18(15)24-17)19-14-8-12(21)2-4-16(14)22-10-23-19/h1-4,7-8,10,24H,5-6,9H2. The number of aromatic amines is 1. The Hall–Kier alpha value is -2.66. The third-order valence-electron chi connectivity index (χ3n) is 4.81. The molecule has 0 unspecified atom stereocenters.